The van der Waals surface area contributed by atoms with Gasteiger partial charge in [0.05, 0.1) is 25.4 Å². The predicted molar refractivity (Wildman–Crippen MR) is 150 cm³/mol. The van der Waals surface area contributed by atoms with Crippen molar-refractivity contribution in [2.75, 3.05) is 13.2 Å². The minimum absolute atomic E-state index is 0.0109. The molecule has 7 N–H and O–H groups in total. The van der Waals surface area contributed by atoms with Gasteiger partial charge in [0.1, 0.15) is 42.2 Å². The minimum atomic E-state index is -1.76. The maximum Gasteiger partial charge on any atom is 0.186 e. The SMILES string of the molecule is C=C1CC[C@@]2(OC1)O[C@H]1C[C@H]3[C@@H]4CC[C@]5(O)[C@@H](O)[C@@H](O)[C@@H](O[C@@H]6OC[C@H](O)[C@H](O)[C@H]6O)[C@@H](O)[C@]5(C)[C@H]4CC[C@]3(C)[C@H]1[C@@H]2C. The van der Waals surface area contributed by atoms with Gasteiger partial charge >= 0.3 is 0 Å². The van der Waals surface area contributed by atoms with E-state index in [4.69, 9.17) is 18.9 Å². The molecule has 0 bridgehead atoms. The smallest absolute Gasteiger partial charge is 0.186 e. The highest BCUT2D eigenvalue weighted by Gasteiger charge is 2.74. The number of hydrogen-bond donors (Lipinski definition) is 7. The van der Waals surface area contributed by atoms with Crippen LogP contribution in [0.25, 0.3) is 0 Å². The summed E-state index contributed by atoms with van der Waals surface area (Å²) < 4.78 is 24.5. The van der Waals surface area contributed by atoms with Gasteiger partial charge in [0, 0.05) is 17.8 Å². The van der Waals surface area contributed by atoms with E-state index < -0.39 is 65.8 Å². The lowest BCUT2D eigenvalue weighted by atomic mass is 9.41. The first kappa shape index (κ1) is 30.9. The summed E-state index contributed by atoms with van der Waals surface area (Å²) in [6, 6.07) is 0. The van der Waals surface area contributed by atoms with E-state index in [0.29, 0.717) is 18.9 Å². The lowest BCUT2D eigenvalue weighted by Crippen LogP contribution is -2.78. The molecule has 43 heavy (non-hydrogen) atoms. The summed E-state index contributed by atoms with van der Waals surface area (Å²) in [7, 11) is 0. The van der Waals surface area contributed by atoms with Crippen LogP contribution in [-0.4, -0.2) is 115 Å². The van der Waals surface area contributed by atoms with Gasteiger partial charge in [-0.25, -0.2) is 0 Å². The summed E-state index contributed by atoms with van der Waals surface area (Å²) in [5, 5.41) is 77.2. The summed E-state index contributed by atoms with van der Waals surface area (Å²) in [5.74, 6) is 0.245. The van der Waals surface area contributed by atoms with E-state index in [0.717, 1.165) is 37.7 Å². The van der Waals surface area contributed by atoms with Gasteiger partial charge < -0.3 is 54.7 Å². The van der Waals surface area contributed by atoms with Gasteiger partial charge in [-0.2, -0.15) is 0 Å². The first-order chi connectivity index (χ1) is 20.2. The molecule has 0 aromatic heterocycles. The van der Waals surface area contributed by atoms with E-state index in [1.807, 2.05) is 0 Å². The average molecular weight is 611 g/mol. The van der Waals surface area contributed by atoms with Crippen LogP contribution in [0.4, 0.5) is 0 Å². The van der Waals surface area contributed by atoms with Crippen LogP contribution >= 0.6 is 0 Å². The van der Waals surface area contributed by atoms with E-state index >= 15 is 0 Å². The van der Waals surface area contributed by atoms with Gasteiger partial charge in [0.15, 0.2) is 12.1 Å². The van der Waals surface area contributed by atoms with Crippen molar-refractivity contribution < 1.29 is 54.7 Å². The highest BCUT2D eigenvalue weighted by molar-refractivity contribution is 5.23. The van der Waals surface area contributed by atoms with Crippen molar-refractivity contribution in [3.63, 3.8) is 0 Å². The molecule has 7 rings (SSSR count). The third-order valence-corrected chi connectivity index (χ3v) is 13.8. The third-order valence-electron chi connectivity index (χ3n) is 13.8. The van der Waals surface area contributed by atoms with Crippen molar-refractivity contribution in [2.45, 2.75) is 132 Å². The normalized spacial score (nSPS) is 61.6. The highest BCUT2D eigenvalue weighted by Crippen LogP contribution is 2.72. The van der Waals surface area contributed by atoms with Gasteiger partial charge in [-0.05, 0) is 67.6 Å². The Balaban J connectivity index is 1.16. The topological polar surface area (TPSA) is 179 Å². The summed E-state index contributed by atoms with van der Waals surface area (Å²) in [5.41, 5.74) is -1.91. The zero-order valence-electron chi connectivity index (χ0n) is 25.4. The molecule has 1 spiro atoms. The standard InChI is InChI=1S/C32H50O11/c1-14-5-10-32(41-12-14)15(2)21-20(43-32)11-18-16-6-9-31(39)26(37)24(36)25(42-28-23(35)22(34)19(33)13-40-28)27(38)30(31,4)17(16)7-8-29(18,21)3/h15-28,33-39H,1,5-13H2,2-4H3/t15-,16+,17-,18-,19-,20-,21-,22-,23+,24-,25+,26-,27+,28-,29-,30-,31-,32+/m0/s1. The molecule has 4 saturated carbocycles. The highest BCUT2D eigenvalue weighted by atomic mass is 16.7. The fraction of sp³-hybridized carbons (Fsp3) is 0.938. The molecule has 0 amide bonds. The minimum Gasteiger partial charge on any atom is -0.390 e. The number of ether oxygens (including phenoxy) is 4. The monoisotopic (exact) mass is 610 g/mol. The molecule has 3 saturated heterocycles. The van der Waals surface area contributed by atoms with Crippen molar-refractivity contribution in [1.82, 2.24) is 0 Å². The molecule has 3 heterocycles. The number of hydrogen-bond acceptors (Lipinski definition) is 11. The van der Waals surface area contributed by atoms with Crippen molar-refractivity contribution >= 4 is 0 Å². The summed E-state index contributed by atoms with van der Waals surface area (Å²) in [6.07, 6.45) is -6.88. The molecule has 0 aromatic carbocycles. The Labute approximate surface area is 252 Å². The van der Waals surface area contributed by atoms with Crippen LogP contribution in [0.15, 0.2) is 12.2 Å². The van der Waals surface area contributed by atoms with Crippen LogP contribution in [0.2, 0.25) is 0 Å². The van der Waals surface area contributed by atoms with Crippen LogP contribution in [0.3, 0.4) is 0 Å². The lowest BCUT2D eigenvalue weighted by Gasteiger charge is -2.67. The third kappa shape index (κ3) is 4.00. The van der Waals surface area contributed by atoms with Crippen molar-refractivity contribution in [2.24, 2.45) is 40.4 Å². The molecule has 244 valence electrons. The van der Waals surface area contributed by atoms with E-state index in [2.05, 4.69) is 20.4 Å². The molecule has 3 aliphatic heterocycles. The largest absolute Gasteiger partial charge is 0.390 e. The second-order valence-electron chi connectivity index (χ2n) is 15.5. The fourth-order valence-electron chi connectivity index (χ4n) is 11.4. The Morgan fingerprint density at radius 3 is 2.35 bits per heavy atom. The van der Waals surface area contributed by atoms with Crippen molar-refractivity contribution in [3.05, 3.63) is 12.2 Å². The number of fused-ring (bicyclic) bond motifs is 7. The zero-order chi connectivity index (χ0) is 30.9. The molecule has 18 atom stereocenters. The molecule has 4 aliphatic carbocycles. The molecule has 11 heteroatoms. The average Bonchev–Trinajstić information content (AvgIpc) is 3.42. The summed E-state index contributed by atoms with van der Waals surface area (Å²) >= 11 is 0. The van der Waals surface area contributed by atoms with Crippen molar-refractivity contribution in [1.29, 1.82) is 0 Å². The summed E-state index contributed by atoms with van der Waals surface area (Å²) in [4.78, 5) is 0. The molecule has 7 aliphatic rings. The molecule has 0 radical (unpaired) electrons. The quantitative estimate of drug-likeness (QED) is 0.168. The molecular formula is C32H50O11. The fourth-order valence-corrected chi connectivity index (χ4v) is 11.4. The Morgan fingerprint density at radius 2 is 1.65 bits per heavy atom. The molecule has 11 nitrogen and oxygen atoms in total. The second-order valence-corrected chi connectivity index (χ2v) is 15.5. The van der Waals surface area contributed by atoms with E-state index in [-0.39, 0.29) is 48.2 Å². The zero-order valence-corrected chi connectivity index (χ0v) is 25.4. The van der Waals surface area contributed by atoms with Crippen LogP contribution in [0.1, 0.15) is 65.7 Å². The Morgan fingerprint density at radius 1 is 0.907 bits per heavy atom. The van der Waals surface area contributed by atoms with Gasteiger partial charge in [0.25, 0.3) is 0 Å². The molecule has 0 unspecified atom stereocenters. The first-order valence-corrected chi connectivity index (χ1v) is 16.3. The number of aliphatic hydroxyl groups is 7. The molecular weight excluding hydrogens is 560 g/mol. The lowest BCUT2D eigenvalue weighted by molar-refractivity contribution is -0.360. The van der Waals surface area contributed by atoms with Crippen LogP contribution in [0, 0.1) is 40.4 Å². The first-order valence-electron chi connectivity index (χ1n) is 16.3. The van der Waals surface area contributed by atoms with Crippen LogP contribution < -0.4 is 0 Å². The number of rotatable bonds is 2. The van der Waals surface area contributed by atoms with Gasteiger partial charge in [-0.3, -0.25) is 0 Å². The molecule has 7 fully saturated rings. The van der Waals surface area contributed by atoms with Crippen LogP contribution in [-0.2, 0) is 18.9 Å². The summed E-state index contributed by atoms with van der Waals surface area (Å²) in [6.45, 7) is 10.8. The van der Waals surface area contributed by atoms with Crippen molar-refractivity contribution in [3.8, 4) is 0 Å². The van der Waals surface area contributed by atoms with E-state index in [1.165, 1.54) is 0 Å². The number of aliphatic hydroxyl groups excluding tert-OH is 6. The van der Waals surface area contributed by atoms with Crippen LogP contribution in [0.5, 0.6) is 0 Å². The van der Waals surface area contributed by atoms with E-state index in [9.17, 15) is 35.7 Å². The second kappa shape index (κ2) is 10.1. The van der Waals surface area contributed by atoms with Gasteiger partial charge in [0.2, 0.25) is 0 Å². The Kier molecular flexibility index (Phi) is 7.30. The predicted octanol–water partition coefficient (Wildman–Crippen LogP) is 0.205. The maximum atomic E-state index is 12.1. The van der Waals surface area contributed by atoms with E-state index in [1.54, 1.807) is 6.92 Å². The maximum absolute atomic E-state index is 12.1. The molecule has 0 aromatic rings. The van der Waals surface area contributed by atoms with Gasteiger partial charge in [-0.1, -0.05) is 32.9 Å². The Hall–Kier alpha value is -0.700. The van der Waals surface area contributed by atoms with Gasteiger partial charge in [-0.15, -0.1) is 0 Å². The Bertz CT molecular complexity index is 1110.